The van der Waals surface area contributed by atoms with Crippen molar-refractivity contribution in [2.75, 3.05) is 23.9 Å². The van der Waals surface area contributed by atoms with Crippen molar-refractivity contribution in [2.24, 2.45) is 5.92 Å². The number of carbonyl (C=O) groups is 2. The van der Waals surface area contributed by atoms with Crippen LogP contribution in [0.3, 0.4) is 0 Å². The van der Waals surface area contributed by atoms with Crippen LogP contribution in [0.2, 0.25) is 5.02 Å². The van der Waals surface area contributed by atoms with Crippen molar-refractivity contribution in [1.29, 1.82) is 0 Å². The van der Waals surface area contributed by atoms with Gasteiger partial charge in [-0.2, -0.15) is 0 Å². The molecule has 0 radical (unpaired) electrons. The fraction of sp³-hybridized carbons (Fsp3) is 0.333. The second-order valence-corrected chi connectivity index (χ2v) is 7.42. The van der Waals surface area contributed by atoms with E-state index in [0.717, 1.165) is 22.4 Å². The Kier molecular flexibility index (Phi) is 5.42. The molecule has 142 valence electrons. The standard InChI is InChI=1S/C21H23ClN2O3/c1-12-7-13(2)20(14(3)8-12)24-11-15(9-19(24)25)21(26)23-17-10-16(22)5-6-18(17)27-4/h5-8,10,15H,9,11H2,1-4H3,(H,23,26). The maximum Gasteiger partial charge on any atom is 0.229 e. The number of nitrogens with one attached hydrogen (secondary N) is 1. The van der Waals surface area contributed by atoms with Gasteiger partial charge in [0, 0.05) is 23.7 Å². The summed E-state index contributed by atoms with van der Waals surface area (Å²) in [5.74, 6) is -0.155. The molecule has 1 aliphatic rings. The lowest BCUT2D eigenvalue weighted by Gasteiger charge is -2.22. The fourth-order valence-corrected chi connectivity index (χ4v) is 3.88. The zero-order valence-electron chi connectivity index (χ0n) is 15.9. The summed E-state index contributed by atoms with van der Waals surface area (Å²) in [7, 11) is 1.53. The van der Waals surface area contributed by atoms with Crippen LogP contribution in [0.15, 0.2) is 30.3 Å². The van der Waals surface area contributed by atoms with Gasteiger partial charge in [0.25, 0.3) is 0 Å². The minimum atomic E-state index is -0.429. The lowest BCUT2D eigenvalue weighted by molar-refractivity contribution is -0.122. The Balaban J connectivity index is 1.80. The number of rotatable bonds is 4. The molecule has 1 saturated heterocycles. The van der Waals surface area contributed by atoms with Crippen molar-refractivity contribution in [1.82, 2.24) is 0 Å². The van der Waals surface area contributed by atoms with E-state index >= 15 is 0 Å². The number of benzene rings is 2. The molecule has 0 aromatic heterocycles. The maximum atomic E-state index is 12.8. The summed E-state index contributed by atoms with van der Waals surface area (Å²) in [6.45, 7) is 6.38. The van der Waals surface area contributed by atoms with Crippen LogP contribution in [-0.2, 0) is 9.59 Å². The molecular formula is C21H23ClN2O3. The van der Waals surface area contributed by atoms with E-state index < -0.39 is 5.92 Å². The summed E-state index contributed by atoms with van der Waals surface area (Å²) < 4.78 is 5.27. The maximum absolute atomic E-state index is 12.8. The first-order chi connectivity index (χ1) is 12.8. The number of hydrogen-bond donors (Lipinski definition) is 1. The number of halogens is 1. The van der Waals surface area contributed by atoms with Crippen LogP contribution in [0, 0.1) is 26.7 Å². The van der Waals surface area contributed by atoms with E-state index in [-0.39, 0.29) is 18.2 Å². The summed E-state index contributed by atoms with van der Waals surface area (Å²) >= 11 is 6.02. The molecule has 1 aliphatic heterocycles. The first-order valence-corrected chi connectivity index (χ1v) is 9.20. The molecule has 27 heavy (non-hydrogen) atoms. The number of ether oxygens (including phenoxy) is 1. The lowest BCUT2D eigenvalue weighted by Crippen LogP contribution is -2.29. The van der Waals surface area contributed by atoms with Gasteiger partial charge < -0.3 is 15.0 Å². The molecule has 1 fully saturated rings. The van der Waals surface area contributed by atoms with Crippen molar-refractivity contribution in [3.63, 3.8) is 0 Å². The first kappa shape index (κ1) is 19.2. The number of hydrogen-bond acceptors (Lipinski definition) is 3. The second kappa shape index (κ2) is 7.61. The Morgan fingerprint density at radius 3 is 2.48 bits per heavy atom. The van der Waals surface area contributed by atoms with Crippen LogP contribution in [0.1, 0.15) is 23.1 Å². The average molecular weight is 387 g/mol. The zero-order valence-corrected chi connectivity index (χ0v) is 16.7. The van der Waals surface area contributed by atoms with Gasteiger partial charge in [0.2, 0.25) is 11.8 Å². The van der Waals surface area contributed by atoms with Crippen molar-refractivity contribution < 1.29 is 14.3 Å². The normalized spacial score (nSPS) is 16.6. The Morgan fingerprint density at radius 1 is 1.19 bits per heavy atom. The fourth-order valence-electron chi connectivity index (χ4n) is 3.71. The summed E-state index contributed by atoms with van der Waals surface area (Å²) in [6.07, 6.45) is 0.182. The van der Waals surface area contributed by atoms with Crippen LogP contribution < -0.4 is 15.0 Å². The molecule has 2 aromatic carbocycles. The second-order valence-electron chi connectivity index (χ2n) is 6.99. The van der Waals surface area contributed by atoms with Crippen LogP contribution in [0.25, 0.3) is 0 Å². The molecule has 0 bridgehead atoms. The van der Waals surface area contributed by atoms with E-state index in [1.165, 1.54) is 7.11 Å². The molecule has 0 spiro atoms. The monoisotopic (exact) mass is 386 g/mol. The molecule has 5 nitrogen and oxygen atoms in total. The van der Waals surface area contributed by atoms with Gasteiger partial charge in [0.15, 0.2) is 0 Å². The number of nitrogens with zero attached hydrogens (tertiary/aromatic N) is 1. The minimum Gasteiger partial charge on any atom is -0.495 e. The van der Waals surface area contributed by atoms with Gasteiger partial charge in [-0.25, -0.2) is 0 Å². The summed E-state index contributed by atoms with van der Waals surface area (Å²) in [6, 6.07) is 9.14. The van der Waals surface area contributed by atoms with Gasteiger partial charge in [-0.3, -0.25) is 9.59 Å². The van der Waals surface area contributed by atoms with Crippen LogP contribution in [-0.4, -0.2) is 25.5 Å². The number of aryl methyl sites for hydroxylation is 3. The number of methoxy groups -OCH3 is 1. The molecule has 6 heteroatoms. The van der Waals surface area contributed by atoms with E-state index in [1.54, 1.807) is 23.1 Å². The van der Waals surface area contributed by atoms with Gasteiger partial charge >= 0.3 is 0 Å². The first-order valence-electron chi connectivity index (χ1n) is 8.82. The van der Waals surface area contributed by atoms with Crippen molar-refractivity contribution >= 4 is 34.8 Å². The lowest BCUT2D eigenvalue weighted by atomic mass is 10.0. The van der Waals surface area contributed by atoms with E-state index in [2.05, 4.69) is 17.4 Å². The molecule has 0 saturated carbocycles. The molecule has 3 rings (SSSR count). The van der Waals surface area contributed by atoms with Crippen LogP contribution >= 0.6 is 11.6 Å². The molecule has 1 unspecified atom stereocenters. The van der Waals surface area contributed by atoms with Crippen molar-refractivity contribution in [2.45, 2.75) is 27.2 Å². The highest BCUT2D eigenvalue weighted by molar-refractivity contribution is 6.31. The van der Waals surface area contributed by atoms with E-state index in [1.807, 2.05) is 20.8 Å². The Morgan fingerprint density at radius 2 is 1.85 bits per heavy atom. The number of anilines is 2. The molecule has 1 N–H and O–H groups in total. The SMILES string of the molecule is COc1ccc(Cl)cc1NC(=O)C1CC(=O)N(c2c(C)cc(C)cc2C)C1. The number of amides is 2. The largest absolute Gasteiger partial charge is 0.495 e. The van der Waals surface area contributed by atoms with Crippen LogP contribution in [0.5, 0.6) is 5.75 Å². The summed E-state index contributed by atoms with van der Waals surface area (Å²) in [5.41, 5.74) is 4.64. The Labute approximate surface area is 164 Å². The van der Waals surface area contributed by atoms with E-state index in [0.29, 0.717) is 23.0 Å². The average Bonchev–Trinajstić information content (AvgIpc) is 2.96. The molecule has 1 heterocycles. The number of carbonyl (C=O) groups excluding carboxylic acids is 2. The Bertz CT molecular complexity index is 887. The third kappa shape index (κ3) is 3.93. The highest BCUT2D eigenvalue weighted by Gasteiger charge is 2.36. The van der Waals surface area contributed by atoms with Gasteiger partial charge in [-0.15, -0.1) is 0 Å². The predicted octanol–water partition coefficient (Wildman–Crippen LogP) is 4.27. The van der Waals surface area contributed by atoms with Crippen molar-refractivity contribution in [3.8, 4) is 5.75 Å². The highest BCUT2D eigenvalue weighted by Crippen LogP contribution is 2.33. The third-order valence-corrected chi connectivity index (χ3v) is 5.06. The van der Waals surface area contributed by atoms with Crippen LogP contribution in [0.4, 0.5) is 11.4 Å². The van der Waals surface area contributed by atoms with Gasteiger partial charge in [-0.1, -0.05) is 29.3 Å². The van der Waals surface area contributed by atoms with Gasteiger partial charge in [-0.05, 0) is 50.1 Å². The topological polar surface area (TPSA) is 58.6 Å². The molecule has 0 aliphatic carbocycles. The van der Waals surface area contributed by atoms with Gasteiger partial charge in [0.1, 0.15) is 5.75 Å². The van der Waals surface area contributed by atoms with E-state index in [4.69, 9.17) is 16.3 Å². The minimum absolute atomic E-state index is 0.0386. The quantitative estimate of drug-likeness (QED) is 0.853. The smallest absolute Gasteiger partial charge is 0.229 e. The van der Waals surface area contributed by atoms with Gasteiger partial charge in [0.05, 0.1) is 18.7 Å². The predicted molar refractivity (Wildman–Crippen MR) is 108 cm³/mol. The van der Waals surface area contributed by atoms with Crippen molar-refractivity contribution in [3.05, 3.63) is 52.0 Å². The summed E-state index contributed by atoms with van der Waals surface area (Å²) in [4.78, 5) is 27.1. The molecule has 1 atom stereocenters. The van der Waals surface area contributed by atoms with E-state index in [9.17, 15) is 9.59 Å². The molecular weight excluding hydrogens is 364 g/mol. The molecule has 2 aromatic rings. The highest BCUT2D eigenvalue weighted by atomic mass is 35.5. The zero-order chi connectivity index (χ0) is 19.7. The summed E-state index contributed by atoms with van der Waals surface area (Å²) in [5, 5.41) is 3.35. The Hall–Kier alpha value is -2.53. The molecule has 2 amide bonds. The third-order valence-electron chi connectivity index (χ3n) is 4.82.